The van der Waals surface area contributed by atoms with E-state index in [9.17, 15) is 0 Å². The highest BCUT2D eigenvalue weighted by Gasteiger charge is 2.13. The second-order valence-electron chi connectivity index (χ2n) is 4.31. The summed E-state index contributed by atoms with van der Waals surface area (Å²) in [5, 5.41) is 0.995. The van der Waals surface area contributed by atoms with E-state index in [-0.39, 0.29) is 6.61 Å². The Hall–Kier alpha value is -0.940. The topological polar surface area (TPSA) is 44.5 Å². The molecule has 2 aromatic rings. The number of rotatable bonds is 5. The second kappa shape index (κ2) is 7.36. The van der Waals surface area contributed by atoms with Crippen LogP contribution in [0.4, 0.5) is 0 Å². The largest absolute Gasteiger partial charge is 0.493 e. The van der Waals surface area contributed by atoms with E-state index in [1.165, 1.54) is 0 Å². The normalized spacial score (nSPS) is 10.5. The molecule has 112 valence electrons. The summed E-state index contributed by atoms with van der Waals surface area (Å²) in [4.78, 5) is 0. The van der Waals surface area contributed by atoms with E-state index in [2.05, 4.69) is 15.9 Å². The SMILES string of the molecule is COc1cc(CN)cc(Br)c1OCc1cccc(Cl)c1Cl. The van der Waals surface area contributed by atoms with Gasteiger partial charge in [-0.15, -0.1) is 0 Å². The van der Waals surface area contributed by atoms with Gasteiger partial charge in [0.25, 0.3) is 0 Å². The average molecular weight is 391 g/mol. The molecule has 3 nitrogen and oxygen atoms in total. The lowest BCUT2D eigenvalue weighted by Gasteiger charge is -2.14. The monoisotopic (exact) mass is 389 g/mol. The number of halogens is 3. The Morgan fingerprint density at radius 1 is 1.24 bits per heavy atom. The minimum absolute atomic E-state index is 0.288. The zero-order valence-electron chi connectivity index (χ0n) is 11.3. The fraction of sp³-hybridized carbons (Fsp3) is 0.200. The Morgan fingerprint density at radius 2 is 2.00 bits per heavy atom. The molecule has 2 aromatic carbocycles. The van der Waals surface area contributed by atoms with Crippen LogP contribution in [0.2, 0.25) is 10.0 Å². The van der Waals surface area contributed by atoms with Crippen molar-refractivity contribution in [3.8, 4) is 11.5 Å². The van der Waals surface area contributed by atoms with Crippen LogP contribution in [-0.2, 0) is 13.2 Å². The first-order chi connectivity index (χ1) is 10.1. The number of ether oxygens (including phenoxy) is 2. The number of methoxy groups -OCH3 is 1. The number of hydrogen-bond acceptors (Lipinski definition) is 3. The molecule has 0 unspecified atom stereocenters. The third-order valence-corrected chi connectivity index (χ3v) is 4.38. The van der Waals surface area contributed by atoms with Crippen LogP contribution in [0, 0.1) is 0 Å². The Morgan fingerprint density at radius 3 is 2.67 bits per heavy atom. The van der Waals surface area contributed by atoms with E-state index in [1.807, 2.05) is 24.3 Å². The molecule has 0 aliphatic heterocycles. The number of benzene rings is 2. The molecule has 0 amide bonds. The van der Waals surface area contributed by atoms with Gasteiger partial charge in [0.15, 0.2) is 11.5 Å². The molecule has 0 aliphatic carbocycles. The van der Waals surface area contributed by atoms with Crippen LogP contribution in [0.1, 0.15) is 11.1 Å². The molecule has 0 spiro atoms. The summed E-state index contributed by atoms with van der Waals surface area (Å²) < 4.78 is 11.9. The summed E-state index contributed by atoms with van der Waals surface area (Å²) >= 11 is 15.6. The molecule has 2 N–H and O–H groups in total. The van der Waals surface area contributed by atoms with Crippen LogP contribution < -0.4 is 15.2 Å². The van der Waals surface area contributed by atoms with Gasteiger partial charge in [-0.25, -0.2) is 0 Å². The third kappa shape index (κ3) is 3.83. The van der Waals surface area contributed by atoms with Gasteiger partial charge in [0.05, 0.1) is 21.6 Å². The van der Waals surface area contributed by atoms with E-state index in [4.69, 9.17) is 38.4 Å². The van der Waals surface area contributed by atoms with E-state index in [0.29, 0.717) is 28.1 Å². The van der Waals surface area contributed by atoms with Gasteiger partial charge >= 0.3 is 0 Å². The van der Waals surface area contributed by atoms with Gasteiger partial charge in [0.2, 0.25) is 0 Å². The summed E-state index contributed by atoms with van der Waals surface area (Å²) in [5.74, 6) is 1.22. The van der Waals surface area contributed by atoms with Gasteiger partial charge in [0, 0.05) is 12.1 Å². The third-order valence-electron chi connectivity index (χ3n) is 2.93. The fourth-order valence-electron chi connectivity index (χ4n) is 1.84. The minimum Gasteiger partial charge on any atom is -0.493 e. The molecular weight excluding hydrogens is 377 g/mol. The quantitative estimate of drug-likeness (QED) is 0.797. The average Bonchev–Trinajstić information content (AvgIpc) is 2.49. The zero-order chi connectivity index (χ0) is 15.4. The molecule has 21 heavy (non-hydrogen) atoms. The first kappa shape index (κ1) is 16.4. The van der Waals surface area contributed by atoms with Gasteiger partial charge in [-0.2, -0.15) is 0 Å². The maximum absolute atomic E-state index is 6.15. The highest BCUT2D eigenvalue weighted by Crippen LogP contribution is 2.37. The van der Waals surface area contributed by atoms with E-state index < -0.39 is 0 Å². The van der Waals surface area contributed by atoms with Gasteiger partial charge in [-0.05, 0) is 39.7 Å². The maximum Gasteiger partial charge on any atom is 0.175 e. The lowest BCUT2D eigenvalue weighted by Crippen LogP contribution is -2.02. The molecule has 6 heteroatoms. The molecular formula is C15H14BrCl2NO2. The molecule has 0 aliphatic rings. The summed E-state index contributed by atoms with van der Waals surface area (Å²) in [5.41, 5.74) is 7.40. The Bertz CT molecular complexity index is 650. The van der Waals surface area contributed by atoms with Crippen molar-refractivity contribution in [2.24, 2.45) is 5.73 Å². The first-order valence-electron chi connectivity index (χ1n) is 6.19. The van der Waals surface area contributed by atoms with Crippen molar-refractivity contribution >= 4 is 39.1 Å². The first-order valence-corrected chi connectivity index (χ1v) is 7.74. The number of nitrogens with two attached hydrogens (primary N) is 1. The van der Waals surface area contributed by atoms with E-state index in [0.717, 1.165) is 15.6 Å². The van der Waals surface area contributed by atoms with Crippen LogP contribution in [0.25, 0.3) is 0 Å². The summed E-state index contributed by atoms with van der Waals surface area (Å²) in [6, 6.07) is 9.18. The van der Waals surface area contributed by atoms with Crippen LogP contribution in [0.15, 0.2) is 34.8 Å². The molecule has 0 saturated carbocycles. The zero-order valence-corrected chi connectivity index (χ0v) is 14.4. The standard InChI is InChI=1S/C15H14BrCl2NO2/c1-20-13-6-9(7-19)5-11(16)15(13)21-8-10-3-2-4-12(17)14(10)18/h2-6H,7-8,19H2,1H3. The maximum atomic E-state index is 6.15. The van der Waals surface area contributed by atoms with Gasteiger partial charge in [-0.1, -0.05) is 35.3 Å². The predicted octanol–water partition coefficient (Wildman–Crippen LogP) is 4.80. The fourth-order valence-corrected chi connectivity index (χ4v) is 2.82. The smallest absolute Gasteiger partial charge is 0.175 e. The second-order valence-corrected chi connectivity index (χ2v) is 5.95. The predicted molar refractivity (Wildman–Crippen MR) is 89.4 cm³/mol. The Kier molecular flexibility index (Phi) is 5.76. The van der Waals surface area contributed by atoms with Crippen molar-refractivity contribution in [3.05, 3.63) is 56.0 Å². The summed E-state index contributed by atoms with van der Waals surface area (Å²) in [7, 11) is 1.58. The molecule has 0 heterocycles. The lowest BCUT2D eigenvalue weighted by molar-refractivity contribution is 0.282. The van der Waals surface area contributed by atoms with Gasteiger partial charge in [0.1, 0.15) is 6.61 Å². The Labute approximate surface area is 142 Å². The highest BCUT2D eigenvalue weighted by atomic mass is 79.9. The van der Waals surface area contributed by atoms with E-state index in [1.54, 1.807) is 13.2 Å². The summed E-state index contributed by atoms with van der Waals surface area (Å²) in [6.45, 7) is 0.714. The van der Waals surface area contributed by atoms with Gasteiger partial charge in [-0.3, -0.25) is 0 Å². The number of hydrogen-bond donors (Lipinski definition) is 1. The van der Waals surface area contributed by atoms with Gasteiger partial charge < -0.3 is 15.2 Å². The molecule has 0 aromatic heterocycles. The Balaban J connectivity index is 2.25. The molecule has 2 rings (SSSR count). The van der Waals surface area contributed by atoms with Crippen molar-refractivity contribution < 1.29 is 9.47 Å². The molecule has 0 saturated heterocycles. The molecule has 0 atom stereocenters. The molecule has 0 radical (unpaired) electrons. The van der Waals surface area contributed by atoms with Crippen LogP contribution in [-0.4, -0.2) is 7.11 Å². The van der Waals surface area contributed by atoms with Crippen LogP contribution in [0.3, 0.4) is 0 Å². The van der Waals surface area contributed by atoms with Crippen LogP contribution >= 0.6 is 39.1 Å². The van der Waals surface area contributed by atoms with Crippen molar-refractivity contribution in [1.29, 1.82) is 0 Å². The molecule has 0 fully saturated rings. The molecule has 0 bridgehead atoms. The van der Waals surface area contributed by atoms with Crippen molar-refractivity contribution in [3.63, 3.8) is 0 Å². The minimum atomic E-state index is 0.288. The van der Waals surface area contributed by atoms with Crippen molar-refractivity contribution in [2.75, 3.05) is 7.11 Å². The summed E-state index contributed by atoms with van der Waals surface area (Å²) in [6.07, 6.45) is 0. The van der Waals surface area contributed by atoms with Crippen molar-refractivity contribution in [1.82, 2.24) is 0 Å². The highest BCUT2D eigenvalue weighted by molar-refractivity contribution is 9.10. The van der Waals surface area contributed by atoms with Crippen molar-refractivity contribution in [2.45, 2.75) is 13.2 Å². The lowest BCUT2D eigenvalue weighted by atomic mass is 10.2. The van der Waals surface area contributed by atoms with E-state index >= 15 is 0 Å². The van der Waals surface area contributed by atoms with Crippen LogP contribution in [0.5, 0.6) is 11.5 Å².